The van der Waals surface area contributed by atoms with Crippen molar-refractivity contribution in [1.29, 1.82) is 0 Å². The van der Waals surface area contributed by atoms with E-state index in [1.165, 1.54) is 11.7 Å². The molecule has 5 rings (SSSR count). The molecule has 10 heteroatoms. The molecule has 4 heterocycles. The molecule has 1 amide bonds. The molecule has 1 N–H and O–H groups in total. The summed E-state index contributed by atoms with van der Waals surface area (Å²) in [6.45, 7) is -0.0214. The largest absolute Gasteiger partial charge is 0.491 e. The number of amides is 1. The summed E-state index contributed by atoms with van der Waals surface area (Å²) in [5, 5.41) is 2.94. The number of aryl methyl sites for hydroxylation is 1. The fourth-order valence-electron chi connectivity index (χ4n) is 4.52. The predicted molar refractivity (Wildman–Crippen MR) is 117 cm³/mol. The molecule has 1 aromatic carbocycles. The van der Waals surface area contributed by atoms with E-state index >= 15 is 0 Å². The second-order valence-electron chi connectivity index (χ2n) is 8.47. The number of rotatable bonds is 4. The monoisotopic (exact) mass is 472 g/mol. The Labute approximate surface area is 193 Å². The number of nitrogens with zero attached hydrogens (tertiary/aromatic N) is 3. The Morgan fingerprint density at radius 2 is 2.00 bits per heavy atom. The molecule has 2 atom stereocenters. The highest BCUT2D eigenvalue weighted by Gasteiger charge is 2.43. The van der Waals surface area contributed by atoms with Crippen LogP contribution in [-0.2, 0) is 19.4 Å². The van der Waals surface area contributed by atoms with Crippen molar-refractivity contribution in [3.05, 3.63) is 59.5 Å². The number of aromatic nitrogens is 3. The first-order valence-corrected chi connectivity index (χ1v) is 11.0. The predicted octanol–water partition coefficient (Wildman–Crippen LogP) is 3.81. The number of hydrogen-bond acceptors (Lipinski definition) is 5. The smallest absolute Gasteiger partial charge is 0.393 e. The summed E-state index contributed by atoms with van der Waals surface area (Å²) in [5.41, 5.74) is 1.62. The number of para-hydroxylation sites is 1. The number of hydrogen-bond donors (Lipinski definition) is 1. The lowest BCUT2D eigenvalue weighted by atomic mass is 9.98. The van der Waals surface area contributed by atoms with Gasteiger partial charge in [0.1, 0.15) is 23.9 Å². The number of ether oxygens (including phenoxy) is 2. The van der Waals surface area contributed by atoms with Gasteiger partial charge in [-0.05, 0) is 30.5 Å². The van der Waals surface area contributed by atoms with Crippen molar-refractivity contribution in [2.24, 2.45) is 5.92 Å². The molecule has 34 heavy (non-hydrogen) atoms. The first-order valence-electron chi connectivity index (χ1n) is 11.0. The van der Waals surface area contributed by atoms with Crippen LogP contribution in [0.15, 0.2) is 42.5 Å². The van der Waals surface area contributed by atoms with Crippen molar-refractivity contribution < 1.29 is 27.4 Å². The summed E-state index contributed by atoms with van der Waals surface area (Å²) in [4.78, 5) is 22.2. The van der Waals surface area contributed by atoms with Gasteiger partial charge in [0.2, 0.25) is 5.88 Å². The third-order valence-corrected chi connectivity index (χ3v) is 6.23. The molecule has 0 aliphatic carbocycles. The van der Waals surface area contributed by atoms with Crippen LogP contribution < -0.4 is 14.8 Å². The second kappa shape index (κ2) is 8.66. The highest BCUT2D eigenvalue weighted by atomic mass is 19.4. The quantitative estimate of drug-likeness (QED) is 0.625. The SMILES string of the molecule is COc1cccc(-c2c(C(=O)N[C@H]3COc4ccccc4C3)nc3n2CC(C(F)(F)F)CC3)n1. The van der Waals surface area contributed by atoms with Crippen LogP contribution in [0, 0.1) is 5.92 Å². The summed E-state index contributed by atoms with van der Waals surface area (Å²) >= 11 is 0. The number of halogens is 3. The molecule has 178 valence electrons. The van der Waals surface area contributed by atoms with Gasteiger partial charge in [-0.1, -0.05) is 24.3 Å². The van der Waals surface area contributed by atoms with E-state index in [-0.39, 0.29) is 36.8 Å². The zero-order valence-electron chi connectivity index (χ0n) is 18.4. The number of carbonyl (C=O) groups excluding carboxylic acids is 1. The molecule has 0 fully saturated rings. The molecule has 0 radical (unpaired) electrons. The van der Waals surface area contributed by atoms with E-state index in [0.717, 1.165) is 11.3 Å². The molecule has 7 nitrogen and oxygen atoms in total. The van der Waals surface area contributed by atoms with E-state index in [0.29, 0.717) is 30.4 Å². The zero-order chi connectivity index (χ0) is 23.9. The van der Waals surface area contributed by atoms with Crippen LogP contribution in [0.2, 0.25) is 0 Å². The molecule has 1 unspecified atom stereocenters. The van der Waals surface area contributed by atoms with Gasteiger partial charge in [0.15, 0.2) is 5.69 Å². The van der Waals surface area contributed by atoms with Crippen molar-refractivity contribution >= 4 is 5.91 Å². The third-order valence-electron chi connectivity index (χ3n) is 6.23. The van der Waals surface area contributed by atoms with Gasteiger partial charge in [0.05, 0.1) is 24.8 Å². The van der Waals surface area contributed by atoms with Crippen molar-refractivity contribution in [2.45, 2.75) is 38.0 Å². The van der Waals surface area contributed by atoms with Gasteiger partial charge in [-0.2, -0.15) is 13.2 Å². The van der Waals surface area contributed by atoms with E-state index in [2.05, 4.69) is 15.3 Å². The Balaban J connectivity index is 1.49. The number of imidazole rings is 1. The molecule has 2 aliphatic heterocycles. The summed E-state index contributed by atoms with van der Waals surface area (Å²) in [6, 6.07) is 12.3. The lowest BCUT2D eigenvalue weighted by molar-refractivity contribution is -0.182. The Kier molecular flexibility index (Phi) is 5.66. The van der Waals surface area contributed by atoms with E-state index in [9.17, 15) is 18.0 Å². The molecule has 3 aromatic rings. The number of pyridine rings is 1. The molecule has 2 aromatic heterocycles. The molecular formula is C24H23F3N4O3. The van der Waals surface area contributed by atoms with E-state index in [1.807, 2.05) is 24.3 Å². The van der Waals surface area contributed by atoms with Gasteiger partial charge in [0.25, 0.3) is 5.91 Å². The minimum atomic E-state index is -4.34. The maximum atomic E-state index is 13.5. The third kappa shape index (κ3) is 4.20. The van der Waals surface area contributed by atoms with Crippen LogP contribution in [0.5, 0.6) is 11.6 Å². The fraction of sp³-hybridized carbons (Fsp3) is 0.375. The second-order valence-corrected chi connectivity index (χ2v) is 8.47. The highest BCUT2D eigenvalue weighted by Crippen LogP contribution is 2.37. The first kappa shape index (κ1) is 22.2. The summed E-state index contributed by atoms with van der Waals surface area (Å²) in [5.74, 6) is -0.476. The topological polar surface area (TPSA) is 78.3 Å². The van der Waals surface area contributed by atoms with Crippen LogP contribution in [0.3, 0.4) is 0 Å². The molecule has 2 aliphatic rings. The Hall–Kier alpha value is -3.56. The van der Waals surface area contributed by atoms with Crippen molar-refractivity contribution in [1.82, 2.24) is 19.9 Å². The van der Waals surface area contributed by atoms with Gasteiger partial charge < -0.3 is 19.4 Å². The van der Waals surface area contributed by atoms with Crippen LogP contribution in [-0.4, -0.2) is 46.4 Å². The maximum absolute atomic E-state index is 13.5. The van der Waals surface area contributed by atoms with Gasteiger partial charge in [-0.15, -0.1) is 0 Å². The highest BCUT2D eigenvalue weighted by molar-refractivity contribution is 5.98. The lowest BCUT2D eigenvalue weighted by Gasteiger charge is -2.27. The van der Waals surface area contributed by atoms with Gasteiger partial charge in [-0.3, -0.25) is 4.79 Å². The molecule has 0 saturated carbocycles. The lowest BCUT2D eigenvalue weighted by Crippen LogP contribution is -2.43. The zero-order valence-corrected chi connectivity index (χ0v) is 18.4. The van der Waals surface area contributed by atoms with Crippen molar-refractivity contribution in [2.75, 3.05) is 13.7 Å². The van der Waals surface area contributed by atoms with Crippen molar-refractivity contribution in [3.63, 3.8) is 0 Å². The van der Waals surface area contributed by atoms with Crippen LogP contribution in [0.4, 0.5) is 13.2 Å². The standard InChI is InChI=1S/C24H23F3N4O3/c1-33-20-8-4-6-17(29-20)22-21(30-19-10-9-15(12-31(19)22)24(25,26)27)23(32)28-16-11-14-5-2-3-7-18(14)34-13-16/h2-8,15-16H,9-13H2,1H3,(H,28,32)/t15?,16-/m1/s1. The van der Waals surface area contributed by atoms with Gasteiger partial charge in [-0.25, -0.2) is 9.97 Å². The van der Waals surface area contributed by atoms with Crippen LogP contribution in [0.1, 0.15) is 28.3 Å². The fourth-order valence-corrected chi connectivity index (χ4v) is 4.52. The van der Waals surface area contributed by atoms with Gasteiger partial charge in [0, 0.05) is 19.0 Å². The normalized spacial score (nSPS) is 19.5. The van der Waals surface area contributed by atoms with E-state index < -0.39 is 18.0 Å². The van der Waals surface area contributed by atoms with Crippen LogP contribution >= 0.6 is 0 Å². The average molecular weight is 472 g/mol. The number of nitrogens with one attached hydrogen (secondary N) is 1. The van der Waals surface area contributed by atoms with E-state index in [1.54, 1.807) is 18.2 Å². The summed E-state index contributed by atoms with van der Waals surface area (Å²) < 4.78 is 53.0. The molecule has 0 saturated heterocycles. The molecular weight excluding hydrogens is 449 g/mol. The number of benzene rings is 1. The Morgan fingerprint density at radius 3 is 2.79 bits per heavy atom. The minimum Gasteiger partial charge on any atom is -0.491 e. The summed E-state index contributed by atoms with van der Waals surface area (Å²) in [6.07, 6.45) is -3.71. The van der Waals surface area contributed by atoms with Gasteiger partial charge >= 0.3 is 6.18 Å². The van der Waals surface area contributed by atoms with E-state index in [4.69, 9.17) is 9.47 Å². The first-order chi connectivity index (χ1) is 16.3. The summed E-state index contributed by atoms with van der Waals surface area (Å²) in [7, 11) is 1.45. The minimum absolute atomic E-state index is 0.0532. The average Bonchev–Trinajstić information content (AvgIpc) is 3.22. The Morgan fingerprint density at radius 1 is 1.18 bits per heavy atom. The molecule has 0 spiro atoms. The van der Waals surface area contributed by atoms with Crippen LogP contribution in [0.25, 0.3) is 11.4 Å². The number of carbonyl (C=O) groups is 1. The maximum Gasteiger partial charge on any atom is 0.393 e. The number of fused-ring (bicyclic) bond motifs is 2. The number of methoxy groups -OCH3 is 1. The molecule has 0 bridgehead atoms. The van der Waals surface area contributed by atoms with Crippen molar-refractivity contribution in [3.8, 4) is 23.0 Å². The number of alkyl halides is 3. The Bertz CT molecular complexity index is 1220.